The van der Waals surface area contributed by atoms with Gasteiger partial charge in [-0.2, -0.15) is 0 Å². The van der Waals surface area contributed by atoms with Crippen LogP contribution in [0.1, 0.15) is 232 Å². The molecule has 0 aromatic rings. The second-order valence-electron chi connectivity index (χ2n) is 20.5. The molecule has 2 saturated heterocycles. The van der Waals surface area contributed by atoms with Crippen molar-refractivity contribution in [2.24, 2.45) is 0 Å². The molecule has 14 heteroatoms. The van der Waals surface area contributed by atoms with Crippen LogP contribution in [0, 0.1) is 0 Å². The lowest BCUT2D eigenvalue weighted by Gasteiger charge is -2.42. The largest absolute Gasteiger partial charge is 0.457 e. The monoisotopic (exact) mass is 1010 g/mol. The second-order valence-corrected chi connectivity index (χ2v) is 20.5. The van der Waals surface area contributed by atoms with Gasteiger partial charge in [0.25, 0.3) is 0 Å². The molecule has 0 aromatic heterocycles. The molecule has 7 N–H and O–H groups in total. The summed E-state index contributed by atoms with van der Waals surface area (Å²) in [4.78, 5) is 13.1. The van der Waals surface area contributed by atoms with Gasteiger partial charge < -0.3 is 64.2 Å². The fourth-order valence-electron chi connectivity index (χ4n) is 9.22. The third kappa shape index (κ3) is 31.8. The SMILES string of the molecule is CCCCCCCC/C=C\CCCCCCCCCCCCOCC(COC1OC(COC2OC(CO)C(O)C(O)C2O)C(O)C(O)C1O)OC(=O)CCCCCCCCC/C=C\CCCCCCCC. The number of aliphatic hydroxyl groups excluding tert-OH is 7. The van der Waals surface area contributed by atoms with Crippen molar-refractivity contribution in [1.82, 2.24) is 0 Å². The maximum absolute atomic E-state index is 13.1. The highest BCUT2D eigenvalue weighted by atomic mass is 16.7. The minimum atomic E-state index is -1.71. The Morgan fingerprint density at radius 1 is 0.451 bits per heavy atom. The number of carbonyl (C=O) groups excluding carboxylic acids is 1. The van der Waals surface area contributed by atoms with Crippen molar-refractivity contribution in [1.29, 1.82) is 0 Å². The summed E-state index contributed by atoms with van der Waals surface area (Å²) in [5.41, 5.74) is 0. The molecule has 2 fully saturated rings. The summed E-state index contributed by atoms with van der Waals surface area (Å²) in [6, 6.07) is 0. The molecule has 0 aliphatic carbocycles. The van der Waals surface area contributed by atoms with E-state index in [1.165, 1.54) is 161 Å². The molecule has 14 nitrogen and oxygen atoms in total. The quantitative estimate of drug-likeness (QED) is 0.0172. The van der Waals surface area contributed by atoms with E-state index in [4.69, 9.17) is 28.4 Å². The molecule has 11 atom stereocenters. The summed E-state index contributed by atoms with van der Waals surface area (Å²) in [5.74, 6) is -0.378. The first-order chi connectivity index (χ1) is 34.6. The Hall–Kier alpha value is -1.53. The Morgan fingerprint density at radius 2 is 0.831 bits per heavy atom. The molecule has 0 amide bonds. The lowest BCUT2D eigenvalue weighted by Crippen LogP contribution is -2.61. The Balaban J connectivity index is 1.72. The summed E-state index contributed by atoms with van der Waals surface area (Å²) < 4.78 is 34.4. The zero-order valence-electron chi connectivity index (χ0n) is 44.7. The van der Waals surface area contributed by atoms with E-state index in [-0.39, 0.29) is 25.6 Å². The van der Waals surface area contributed by atoms with Crippen LogP contribution in [0.25, 0.3) is 0 Å². The molecule has 0 radical (unpaired) electrons. The summed E-state index contributed by atoms with van der Waals surface area (Å²) >= 11 is 0. The Kier molecular flexibility index (Phi) is 41.3. The summed E-state index contributed by atoms with van der Waals surface area (Å²) in [7, 11) is 0. The van der Waals surface area contributed by atoms with E-state index in [0.29, 0.717) is 13.0 Å². The predicted octanol–water partition coefficient (Wildman–Crippen LogP) is 9.97. The molecule has 0 spiro atoms. The summed E-state index contributed by atoms with van der Waals surface area (Å²) in [6.45, 7) is 3.71. The third-order valence-corrected chi connectivity index (χ3v) is 13.9. The molecule has 2 rings (SSSR count). The van der Waals surface area contributed by atoms with Crippen LogP contribution < -0.4 is 0 Å². The lowest BCUT2D eigenvalue weighted by atomic mass is 9.98. The highest BCUT2D eigenvalue weighted by Gasteiger charge is 2.47. The van der Waals surface area contributed by atoms with Gasteiger partial charge in [-0.05, 0) is 64.2 Å². The minimum Gasteiger partial charge on any atom is -0.457 e. The molecular weight excluding hydrogens is 909 g/mol. The zero-order valence-corrected chi connectivity index (χ0v) is 44.7. The highest BCUT2D eigenvalue weighted by Crippen LogP contribution is 2.27. The first-order valence-electron chi connectivity index (χ1n) is 28.9. The summed E-state index contributed by atoms with van der Waals surface area (Å²) in [5, 5.41) is 72.3. The van der Waals surface area contributed by atoms with Gasteiger partial charge in [0.1, 0.15) is 54.9 Å². The van der Waals surface area contributed by atoms with Gasteiger partial charge in [0.05, 0.1) is 26.4 Å². The molecule has 0 aromatic carbocycles. The number of allylic oxidation sites excluding steroid dienone is 4. The van der Waals surface area contributed by atoms with Crippen molar-refractivity contribution in [3.05, 3.63) is 24.3 Å². The van der Waals surface area contributed by atoms with Crippen LogP contribution in [-0.2, 0) is 33.2 Å². The summed E-state index contributed by atoms with van der Waals surface area (Å²) in [6.07, 6.45) is 33.8. The van der Waals surface area contributed by atoms with Gasteiger partial charge >= 0.3 is 5.97 Å². The van der Waals surface area contributed by atoms with Gasteiger partial charge in [0.2, 0.25) is 0 Å². The normalized spacial score (nSPS) is 25.4. The number of unbranched alkanes of at least 4 members (excludes halogenated alkanes) is 29. The Bertz CT molecular complexity index is 1270. The molecule has 11 unspecified atom stereocenters. The number of aliphatic hydroxyl groups is 7. The van der Waals surface area contributed by atoms with Crippen molar-refractivity contribution in [2.45, 2.75) is 300 Å². The van der Waals surface area contributed by atoms with Crippen LogP contribution in [-0.4, -0.2) is 142 Å². The van der Waals surface area contributed by atoms with Crippen LogP contribution in [0.2, 0.25) is 0 Å². The van der Waals surface area contributed by atoms with Crippen molar-refractivity contribution >= 4 is 5.97 Å². The number of carbonyl (C=O) groups is 1. The number of esters is 1. The van der Waals surface area contributed by atoms with E-state index in [1.807, 2.05) is 0 Å². The topological polar surface area (TPSA) is 214 Å². The van der Waals surface area contributed by atoms with E-state index >= 15 is 0 Å². The van der Waals surface area contributed by atoms with Crippen LogP contribution >= 0.6 is 0 Å². The van der Waals surface area contributed by atoms with Crippen LogP contribution in [0.4, 0.5) is 0 Å². The molecular formula is C57H106O14. The van der Waals surface area contributed by atoms with Gasteiger partial charge in [-0.25, -0.2) is 0 Å². The zero-order chi connectivity index (χ0) is 51.6. The maximum Gasteiger partial charge on any atom is 0.306 e. The highest BCUT2D eigenvalue weighted by molar-refractivity contribution is 5.69. The third-order valence-electron chi connectivity index (χ3n) is 13.9. The van der Waals surface area contributed by atoms with Crippen LogP contribution in [0.3, 0.4) is 0 Å². The van der Waals surface area contributed by atoms with Gasteiger partial charge in [-0.15, -0.1) is 0 Å². The molecule has 2 aliphatic heterocycles. The van der Waals surface area contributed by atoms with E-state index in [9.17, 15) is 40.5 Å². The average molecular weight is 1020 g/mol. The van der Waals surface area contributed by atoms with E-state index in [0.717, 1.165) is 44.9 Å². The molecule has 0 saturated carbocycles. The molecule has 2 heterocycles. The van der Waals surface area contributed by atoms with Gasteiger partial charge in [0, 0.05) is 13.0 Å². The first-order valence-corrected chi connectivity index (χ1v) is 28.9. The molecule has 2 aliphatic rings. The van der Waals surface area contributed by atoms with Crippen molar-refractivity contribution in [3.63, 3.8) is 0 Å². The molecule has 71 heavy (non-hydrogen) atoms. The van der Waals surface area contributed by atoms with Crippen molar-refractivity contribution in [2.75, 3.05) is 33.0 Å². The predicted molar refractivity (Wildman–Crippen MR) is 280 cm³/mol. The van der Waals surface area contributed by atoms with E-state index in [1.54, 1.807) is 0 Å². The fraction of sp³-hybridized carbons (Fsp3) is 0.912. The van der Waals surface area contributed by atoms with Crippen molar-refractivity contribution in [3.8, 4) is 0 Å². The number of hydrogen-bond donors (Lipinski definition) is 7. The van der Waals surface area contributed by atoms with E-state index in [2.05, 4.69) is 38.2 Å². The number of rotatable bonds is 47. The smallest absolute Gasteiger partial charge is 0.306 e. The Labute approximate surface area is 430 Å². The fourth-order valence-corrected chi connectivity index (χ4v) is 9.22. The van der Waals surface area contributed by atoms with Crippen LogP contribution in [0.5, 0.6) is 0 Å². The number of ether oxygens (including phenoxy) is 6. The average Bonchev–Trinajstić information content (AvgIpc) is 3.37. The lowest BCUT2D eigenvalue weighted by molar-refractivity contribution is -0.332. The Morgan fingerprint density at radius 3 is 1.28 bits per heavy atom. The second kappa shape index (κ2) is 44.7. The van der Waals surface area contributed by atoms with E-state index < -0.39 is 80.7 Å². The number of hydrogen-bond acceptors (Lipinski definition) is 14. The standard InChI is InChI=1S/C57H106O14/c1-3-5-7-9-11-13-15-17-19-21-22-23-25-27-29-31-33-35-37-39-41-66-43-46(69-49(59)40-38-36-34-32-30-28-26-24-20-18-16-14-12-10-8-6-4-2)44-67-56-55(65)53(63)51(61)48(71-56)45-68-57-54(64)52(62)50(60)47(42-58)70-57/h17-20,46-48,50-58,60-65H,3-16,21-45H2,1-2H3/b19-17-,20-18-. The molecule has 418 valence electrons. The van der Waals surface area contributed by atoms with Gasteiger partial charge in [-0.3, -0.25) is 4.79 Å². The maximum atomic E-state index is 13.1. The van der Waals surface area contributed by atoms with Crippen LogP contribution in [0.15, 0.2) is 24.3 Å². The van der Waals surface area contributed by atoms with Gasteiger partial charge in [-0.1, -0.05) is 186 Å². The van der Waals surface area contributed by atoms with Crippen molar-refractivity contribution < 1.29 is 69.0 Å². The first kappa shape index (κ1) is 65.6. The minimum absolute atomic E-state index is 0.0620. The van der Waals surface area contributed by atoms with Gasteiger partial charge in [0.15, 0.2) is 12.6 Å². The molecule has 0 bridgehead atoms.